The summed E-state index contributed by atoms with van der Waals surface area (Å²) in [5, 5.41) is 9.78. The Balaban J connectivity index is 1.91. The van der Waals surface area contributed by atoms with E-state index in [1.54, 1.807) is 6.07 Å². The van der Waals surface area contributed by atoms with E-state index in [0.29, 0.717) is 29.9 Å². The third kappa shape index (κ3) is 1.53. The first kappa shape index (κ1) is 12.4. The van der Waals surface area contributed by atoms with Crippen molar-refractivity contribution in [2.24, 2.45) is 5.92 Å². The Morgan fingerprint density at radius 3 is 3.10 bits per heavy atom. The zero-order chi connectivity index (χ0) is 13.9. The van der Waals surface area contributed by atoms with Gasteiger partial charge in [-0.1, -0.05) is 6.07 Å². The summed E-state index contributed by atoms with van der Waals surface area (Å²) in [5.74, 6) is 1.38. The molecule has 2 bridgehead atoms. The lowest BCUT2D eigenvalue weighted by molar-refractivity contribution is -0.126. The number of hydrogen-bond acceptors (Lipinski definition) is 3. The Kier molecular flexibility index (Phi) is 2.53. The molecule has 0 amide bonds. The molecule has 4 rings (SSSR count). The highest BCUT2D eigenvalue weighted by atomic mass is 16.3. The average molecular weight is 271 g/mol. The maximum atomic E-state index is 12.1. The van der Waals surface area contributed by atoms with Gasteiger partial charge in [-0.3, -0.25) is 4.79 Å². The van der Waals surface area contributed by atoms with Gasteiger partial charge in [-0.25, -0.2) is 0 Å². The van der Waals surface area contributed by atoms with Crippen molar-refractivity contribution >= 4 is 5.78 Å². The lowest BCUT2D eigenvalue weighted by Crippen LogP contribution is -2.60. The molecule has 0 unspecified atom stereocenters. The van der Waals surface area contributed by atoms with Crippen molar-refractivity contribution in [1.29, 1.82) is 0 Å². The zero-order valence-electron chi connectivity index (χ0n) is 11.9. The van der Waals surface area contributed by atoms with Crippen molar-refractivity contribution in [2.75, 3.05) is 13.6 Å². The van der Waals surface area contributed by atoms with E-state index in [-0.39, 0.29) is 5.41 Å². The smallest absolute Gasteiger partial charge is 0.133 e. The van der Waals surface area contributed by atoms with E-state index < -0.39 is 0 Å². The monoisotopic (exact) mass is 271 g/mol. The molecule has 2 aliphatic carbocycles. The van der Waals surface area contributed by atoms with Crippen LogP contribution in [0.15, 0.2) is 18.2 Å². The number of fused-ring (bicyclic) bond motifs is 1. The molecular formula is C17H21NO2. The Morgan fingerprint density at radius 2 is 2.25 bits per heavy atom. The number of carbonyl (C=O) groups excluding carboxylic acids is 1. The van der Waals surface area contributed by atoms with Crippen LogP contribution in [0.3, 0.4) is 0 Å². The van der Waals surface area contributed by atoms with Crippen molar-refractivity contribution in [3.05, 3.63) is 29.3 Å². The van der Waals surface area contributed by atoms with Crippen LogP contribution in [0.25, 0.3) is 0 Å². The van der Waals surface area contributed by atoms with Gasteiger partial charge in [0.05, 0.1) is 0 Å². The number of hydrogen-bond donors (Lipinski definition) is 1. The molecule has 3 aliphatic rings. The lowest BCUT2D eigenvalue weighted by Gasteiger charge is -2.58. The fourth-order valence-corrected chi connectivity index (χ4v) is 5.04. The first-order chi connectivity index (χ1) is 9.60. The van der Waals surface area contributed by atoms with E-state index in [9.17, 15) is 9.90 Å². The Labute approximate surface area is 119 Å². The minimum Gasteiger partial charge on any atom is -0.508 e. The summed E-state index contributed by atoms with van der Waals surface area (Å²) < 4.78 is 0. The molecule has 0 aromatic heterocycles. The molecule has 0 spiro atoms. The molecule has 0 radical (unpaired) electrons. The summed E-state index contributed by atoms with van der Waals surface area (Å²) in [6.45, 7) is 1.08. The molecule has 1 saturated carbocycles. The second kappa shape index (κ2) is 4.08. The van der Waals surface area contributed by atoms with Crippen molar-refractivity contribution in [2.45, 2.75) is 43.6 Å². The molecule has 20 heavy (non-hydrogen) atoms. The summed E-state index contributed by atoms with van der Waals surface area (Å²) >= 11 is 0. The SMILES string of the molecule is CN1CC[C@]23CC(=O)CC[C@H]2[C@H]1Cc1cc(O)ccc13. The minimum atomic E-state index is 0.0494. The zero-order valence-corrected chi connectivity index (χ0v) is 11.9. The number of piperidine rings is 1. The molecule has 1 aliphatic heterocycles. The van der Waals surface area contributed by atoms with Crippen LogP contribution in [0, 0.1) is 5.92 Å². The third-order valence-electron chi connectivity index (χ3n) is 5.95. The Morgan fingerprint density at radius 1 is 1.40 bits per heavy atom. The predicted octanol–water partition coefficient (Wildman–Crippen LogP) is 2.26. The fourth-order valence-electron chi connectivity index (χ4n) is 5.04. The van der Waals surface area contributed by atoms with Gasteiger partial charge in [-0.15, -0.1) is 0 Å². The number of likely N-dealkylation sites (N-methyl/N-ethyl adjacent to an activating group) is 1. The van der Waals surface area contributed by atoms with E-state index in [1.807, 2.05) is 6.07 Å². The Hall–Kier alpha value is -1.35. The van der Waals surface area contributed by atoms with Crippen LogP contribution in [0.5, 0.6) is 5.75 Å². The van der Waals surface area contributed by atoms with Crippen LogP contribution in [0.2, 0.25) is 0 Å². The van der Waals surface area contributed by atoms with Gasteiger partial charge >= 0.3 is 0 Å². The maximum Gasteiger partial charge on any atom is 0.133 e. The van der Waals surface area contributed by atoms with Crippen molar-refractivity contribution in [3.63, 3.8) is 0 Å². The second-order valence-electron chi connectivity index (χ2n) is 6.86. The first-order valence-electron chi connectivity index (χ1n) is 7.64. The van der Waals surface area contributed by atoms with Crippen LogP contribution in [0.1, 0.15) is 36.8 Å². The van der Waals surface area contributed by atoms with Crippen molar-refractivity contribution in [3.8, 4) is 5.75 Å². The lowest BCUT2D eigenvalue weighted by atomic mass is 9.52. The summed E-state index contributed by atoms with van der Waals surface area (Å²) in [5.41, 5.74) is 2.65. The van der Waals surface area contributed by atoms with Gasteiger partial charge in [0.25, 0.3) is 0 Å². The number of Topliss-reactive ketones (excluding diaryl/α,β-unsaturated/α-hetero) is 1. The van der Waals surface area contributed by atoms with Crippen LogP contribution in [-0.2, 0) is 16.6 Å². The van der Waals surface area contributed by atoms with E-state index in [0.717, 1.165) is 32.2 Å². The normalized spacial score (nSPS) is 36.4. The summed E-state index contributed by atoms with van der Waals surface area (Å²) in [4.78, 5) is 14.6. The van der Waals surface area contributed by atoms with Crippen LogP contribution in [-0.4, -0.2) is 35.4 Å². The van der Waals surface area contributed by atoms with Crippen LogP contribution < -0.4 is 0 Å². The topological polar surface area (TPSA) is 40.5 Å². The molecule has 3 nitrogen and oxygen atoms in total. The molecule has 2 fully saturated rings. The number of phenols is 1. The minimum absolute atomic E-state index is 0.0494. The van der Waals surface area contributed by atoms with Crippen molar-refractivity contribution < 1.29 is 9.90 Å². The summed E-state index contributed by atoms with van der Waals surface area (Å²) in [7, 11) is 2.21. The third-order valence-corrected chi connectivity index (χ3v) is 5.95. The number of likely N-dealkylation sites (tertiary alicyclic amines) is 1. The highest BCUT2D eigenvalue weighted by Gasteiger charge is 2.54. The molecule has 1 N–H and O–H groups in total. The molecule has 106 valence electrons. The van der Waals surface area contributed by atoms with Gasteiger partial charge < -0.3 is 10.0 Å². The summed E-state index contributed by atoms with van der Waals surface area (Å²) in [6, 6.07) is 6.32. The van der Waals surface area contributed by atoms with Crippen LogP contribution in [0.4, 0.5) is 0 Å². The van der Waals surface area contributed by atoms with E-state index in [2.05, 4.69) is 18.0 Å². The molecule has 1 aromatic carbocycles. The van der Waals surface area contributed by atoms with Gasteiger partial charge in [-0.2, -0.15) is 0 Å². The van der Waals surface area contributed by atoms with Gasteiger partial charge in [0.1, 0.15) is 11.5 Å². The van der Waals surface area contributed by atoms with E-state index in [1.165, 1.54) is 11.1 Å². The maximum absolute atomic E-state index is 12.1. The molecule has 3 atom stereocenters. The number of ketones is 1. The second-order valence-corrected chi connectivity index (χ2v) is 6.86. The fraction of sp³-hybridized carbons (Fsp3) is 0.588. The van der Waals surface area contributed by atoms with Gasteiger partial charge in [0, 0.05) is 24.3 Å². The number of rotatable bonds is 0. The number of phenolic OH excluding ortho intramolecular Hbond substituents is 1. The molecule has 1 aromatic rings. The van der Waals surface area contributed by atoms with Crippen LogP contribution >= 0.6 is 0 Å². The molecule has 3 heteroatoms. The number of aromatic hydroxyl groups is 1. The number of carbonyl (C=O) groups is 1. The number of benzene rings is 1. The van der Waals surface area contributed by atoms with Gasteiger partial charge in [0.2, 0.25) is 0 Å². The van der Waals surface area contributed by atoms with E-state index >= 15 is 0 Å². The average Bonchev–Trinajstić information content (AvgIpc) is 2.42. The molecule has 1 saturated heterocycles. The highest BCUT2D eigenvalue weighted by Crippen LogP contribution is 2.54. The summed E-state index contributed by atoms with van der Waals surface area (Å²) in [6.07, 6.45) is 4.59. The highest BCUT2D eigenvalue weighted by molar-refractivity contribution is 5.81. The molecule has 1 heterocycles. The largest absolute Gasteiger partial charge is 0.508 e. The van der Waals surface area contributed by atoms with E-state index in [4.69, 9.17) is 0 Å². The Bertz CT molecular complexity index is 582. The van der Waals surface area contributed by atoms with Crippen molar-refractivity contribution in [1.82, 2.24) is 4.90 Å². The van der Waals surface area contributed by atoms with Gasteiger partial charge in [0.15, 0.2) is 0 Å². The predicted molar refractivity (Wildman–Crippen MR) is 76.9 cm³/mol. The van der Waals surface area contributed by atoms with Gasteiger partial charge in [-0.05, 0) is 62.0 Å². The first-order valence-corrected chi connectivity index (χ1v) is 7.64. The standard InChI is InChI=1S/C17H21NO2/c1-18-7-6-17-10-13(20)3-5-15(17)16(18)9-11-8-12(19)2-4-14(11)17/h2,4,8,15-16,19H,3,5-7,9-10H2,1H3/t15-,16+,17+/m0/s1. The molecular weight excluding hydrogens is 250 g/mol. The quantitative estimate of drug-likeness (QED) is 0.787. The number of nitrogens with zero attached hydrogens (tertiary/aromatic N) is 1.